The Balaban J connectivity index is 1.59. The van der Waals surface area contributed by atoms with Crippen molar-refractivity contribution in [2.24, 2.45) is 15.7 Å². The van der Waals surface area contributed by atoms with Gasteiger partial charge in [-0.2, -0.15) is 0 Å². The van der Waals surface area contributed by atoms with Gasteiger partial charge in [0.05, 0.1) is 11.3 Å². The predicted octanol–water partition coefficient (Wildman–Crippen LogP) is 2.63. The standard InChI is InChI=1S/C18H26N2O4S/c1-18(2,3)14-5-7-15(8-6-14)24-17(21)13-4-9-16-19-25(22,23)11-10-20(16)12-13/h4,9,12,14-15H,5-8,10-11H2,1-3H3. The Morgan fingerprint density at radius 3 is 2.52 bits per heavy atom. The van der Waals surface area contributed by atoms with Crippen LogP contribution in [0.3, 0.4) is 0 Å². The second-order valence-electron chi connectivity index (χ2n) is 8.09. The first-order chi connectivity index (χ1) is 11.6. The Morgan fingerprint density at radius 2 is 1.88 bits per heavy atom. The maximum Gasteiger partial charge on any atom is 0.339 e. The van der Waals surface area contributed by atoms with Gasteiger partial charge in [-0.3, -0.25) is 0 Å². The lowest BCUT2D eigenvalue weighted by Crippen LogP contribution is -2.37. The molecule has 0 radical (unpaired) electrons. The van der Waals surface area contributed by atoms with Gasteiger partial charge in [0.1, 0.15) is 11.9 Å². The van der Waals surface area contributed by atoms with Crippen LogP contribution < -0.4 is 0 Å². The zero-order chi connectivity index (χ0) is 18.2. The minimum Gasteiger partial charge on any atom is -0.459 e. The van der Waals surface area contributed by atoms with Gasteiger partial charge < -0.3 is 9.64 Å². The van der Waals surface area contributed by atoms with Crippen LogP contribution in [0.1, 0.15) is 46.5 Å². The van der Waals surface area contributed by atoms with E-state index in [1.165, 1.54) is 0 Å². The van der Waals surface area contributed by atoms with E-state index < -0.39 is 10.0 Å². The van der Waals surface area contributed by atoms with E-state index in [0.29, 0.717) is 29.3 Å². The van der Waals surface area contributed by atoms with Gasteiger partial charge in [0.15, 0.2) is 0 Å². The molecule has 25 heavy (non-hydrogen) atoms. The number of rotatable bonds is 2. The van der Waals surface area contributed by atoms with Crippen molar-refractivity contribution >= 4 is 21.8 Å². The maximum atomic E-state index is 12.4. The van der Waals surface area contributed by atoms with Gasteiger partial charge in [-0.1, -0.05) is 20.8 Å². The Morgan fingerprint density at radius 1 is 1.20 bits per heavy atom. The molecule has 0 atom stereocenters. The summed E-state index contributed by atoms with van der Waals surface area (Å²) in [7, 11) is -3.38. The van der Waals surface area contributed by atoms with Crippen molar-refractivity contribution in [2.45, 2.75) is 52.6 Å². The molecular weight excluding hydrogens is 340 g/mol. The van der Waals surface area contributed by atoms with Crippen molar-refractivity contribution in [3.8, 4) is 0 Å². The molecule has 3 rings (SSSR count). The van der Waals surface area contributed by atoms with Crippen molar-refractivity contribution in [3.63, 3.8) is 0 Å². The third kappa shape index (κ3) is 4.32. The predicted molar refractivity (Wildman–Crippen MR) is 96.4 cm³/mol. The molecule has 7 heteroatoms. The smallest absolute Gasteiger partial charge is 0.339 e. The van der Waals surface area contributed by atoms with E-state index in [1.807, 2.05) is 0 Å². The molecule has 0 bridgehead atoms. The number of hydrogen-bond acceptors (Lipinski definition) is 5. The molecule has 0 unspecified atom stereocenters. The number of carbonyl (C=O) groups excluding carboxylic acids is 1. The summed E-state index contributed by atoms with van der Waals surface area (Å²) in [6.45, 7) is 7.10. The van der Waals surface area contributed by atoms with Crippen LogP contribution in [-0.4, -0.2) is 43.5 Å². The summed E-state index contributed by atoms with van der Waals surface area (Å²) < 4.78 is 32.4. The van der Waals surface area contributed by atoms with Gasteiger partial charge in [-0.05, 0) is 49.2 Å². The minimum absolute atomic E-state index is 0.0304. The summed E-state index contributed by atoms with van der Waals surface area (Å²) in [6, 6.07) is 0. The van der Waals surface area contributed by atoms with E-state index in [-0.39, 0.29) is 17.8 Å². The van der Waals surface area contributed by atoms with Gasteiger partial charge in [0.2, 0.25) is 0 Å². The summed E-state index contributed by atoms with van der Waals surface area (Å²) in [5, 5.41) is 0. The van der Waals surface area contributed by atoms with Gasteiger partial charge in [0.25, 0.3) is 10.0 Å². The lowest BCUT2D eigenvalue weighted by molar-refractivity contribution is -0.146. The Labute approximate surface area is 149 Å². The van der Waals surface area contributed by atoms with Crippen LogP contribution in [0.2, 0.25) is 0 Å². The molecule has 0 amide bonds. The Bertz CT molecular complexity index is 736. The number of carbonyl (C=O) groups is 1. The minimum atomic E-state index is -3.38. The number of esters is 1. The van der Waals surface area contributed by atoms with E-state index in [2.05, 4.69) is 25.2 Å². The lowest BCUT2D eigenvalue weighted by Gasteiger charge is -2.36. The molecule has 0 aromatic heterocycles. The van der Waals surface area contributed by atoms with Gasteiger partial charge in [-0.15, -0.1) is 4.40 Å². The molecule has 1 aliphatic carbocycles. The van der Waals surface area contributed by atoms with E-state index >= 15 is 0 Å². The summed E-state index contributed by atoms with van der Waals surface area (Å²) in [5.41, 5.74) is 0.740. The van der Waals surface area contributed by atoms with Gasteiger partial charge in [-0.25, -0.2) is 13.2 Å². The van der Waals surface area contributed by atoms with Gasteiger partial charge in [0, 0.05) is 12.7 Å². The third-order valence-corrected chi connectivity index (χ3v) is 6.40. The molecule has 0 N–H and O–H groups in total. The van der Waals surface area contributed by atoms with E-state index in [1.54, 1.807) is 23.3 Å². The summed E-state index contributed by atoms with van der Waals surface area (Å²) in [5.74, 6) is 0.640. The molecule has 2 aliphatic heterocycles. The summed E-state index contributed by atoms with van der Waals surface area (Å²) in [4.78, 5) is 14.1. The van der Waals surface area contributed by atoms with Crippen LogP contribution >= 0.6 is 0 Å². The highest BCUT2D eigenvalue weighted by atomic mass is 32.2. The molecule has 6 nitrogen and oxygen atoms in total. The maximum absolute atomic E-state index is 12.4. The van der Waals surface area contributed by atoms with Crippen molar-refractivity contribution < 1.29 is 17.9 Å². The molecule has 1 saturated carbocycles. The molecule has 1 fully saturated rings. The molecule has 0 aromatic rings. The normalized spacial score (nSPS) is 28.7. The molecule has 138 valence electrons. The first-order valence-corrected chi connectivity index (χ1v) is 10.5. The van der Waals surface area contributed by atoms with Gasteiger partial charge >= 0.3 is 5.97 Å². The molecular formula is C18H26N2O4S. The number of amidine groups is 1. The van der Waals surface area contributed by atoms with E-state index in [0.717, 1.165) is 25.7 Å². The van der Waals surface area contributed by atoms with Crippen molar-refractivity contribution in [3.05, 3.63) is 23.9 Å². The SMILES string of the molecule is CC(C)(C)C1CCC(OC(=O)C2=CN3CCS(=O)(=O)N=C3C=C2)CC1. The monoisotopic (exact) mass is 366 g/mol. The average molecular weight is 366 g/mol. The van der Waals surface area contributed by atoms with Crippen molar-refractivity contribution in [2.75, 3.05) is 12.3 Å². The topological polar surface area (TPSA) is 76.0 Å². The second-order valence-corrected chi connectivity index (χ2v) is 9.85. The van der Waals surface area contributed by atoms with Crippen LogP contribution in [-0.2, 0) is 19.6 Å². The van der Waals surface area contributed by atoms with Crippen LogP contribution in [0, 0.1) is 11.3 Å². The first-order valence-electron chi connectivity index (χ1n) is 8.84. The van der Waals surface area contributed by atoms with Crippen LogP contribution in [0.25, 0.3) is 0 Å². The third-order valence-electron chi connectivity index (χ3n) is 5.23. The second kappa shape index (κ2) is 6.59. The molecule has 0 aromatic carbocycles. The fourth-order valence-corrected chi connectivity index (χ4v) is 4.56. The van der Waals surface area contributed by atoms with E-state index in [9.17, 15) is 13.2 Å². The number of fused-ring (bicyclic) bond motifs is 1. The molecule has 2 heterocycles. The van der Waals surface area contributed by atoms with Crippen molar-refractivity contribution in [1.82, 2.24) is 4.90 Å². The average Bonchev–Trinajstić information content (AvgIpc) is 2.53. The summed E-state index contributed by atoms with van der Waals surface area (Å²) in [6.07, 6.45) is 8.71. The highest BCUT2D eigenvalue weighted by molar-refractivity contribution is 7.90. The first kappa shape index (κ1) is 18.2. The Hall–Kier alpha value is -1.63. The molecule has 0 spiro atoms. The number of ether oxygens (including phenoxy) is 1. The zero-order valence-electron chi connectivity index (χ0n) is 15.1. The lowest BCUT2D eigenvalue weighted by atomic mass is 9.72. The van der Waals surface area contributed by atoms with Crippen molar-refractivity contribution in [1.29, 1.82) is 0 Å². The quantitative estimate of drug-likeness (QED) is 0.702. The number of hydrogen-bond donors (Lipinski definition) is 0. The largest absolute Gasteiger partial charge is 0.459 e. The molecule has 0 saturated heterocycles. The highest BCUT2D eigenvalue weighted by Crippen LogP contribution is 2.38. The fourth-order valence-electron chi connectivity index (χ4n) is 3.59. The van der Waals surface area contributed by atoms with Crippen LogP contribution in [0.5, 0.6) is 0 Å². The zero-order valence-corrected chi connectivity index (χ0v) is 15.9. The fraction of sp³-hybridized carbons (Fsp3) is 0.667. The number of sulfonamides is 1. The Kier molecular flexibility index (Phi) is 4.79. The van der Waals surface area contributed by atoms with Crippen LogP contribution in [0.4, 0.5) is 0 Å². The number of nitrogens with zero attached hydrogens (tertiary/aromatic N) is 2. The molecule has 3 aliphatic rings. The van der Waals surface area contributed by atoms with E-state index in [4.69, 9.17) is 4.74 Å². The summed E-state index contributed by atoms with van der Waals surface area (Å²) >= 11 is 0. The van der Waals surface area contributed by atoms with Crippen LogP contribution in [0.15, 0.2) is 28.3 Å². The highest BCUT2D eigenvalue weighted by Gasteiger charge is 2.32.